The molecule has 1 atom stereocenters. The highest BCUT2D eigenvalue weighted by molar-refractivity contribution is 5.72. The van der Waals surface area contributed by atoms with Gasteiger partial charge in [0, 0.05) is 12.4 Å². The maximum absolute atomic E-state index is 10.1. The summed E-state index contributed by atoms with van der Waals surface area (Å²) >= 11 is 0. The molecule has 80 valence electrons. The third-order valence-corrected chi connectivity index (χ3v) is 1.77. The fraction of sp³-hybridized carbons (Fsp3) is 0.556. The van der Waals surface area contributed by atoms with Crippen LogP contribution < -0.4 is 0 Å². The second-order valence-corrected chi connectivity index (χ2v) is 3.15. The van der Waals surface area contributed by atoms with Crippen molar-refractivity contribution in [2.45, 2.75) is 19.9 Å². The van der Waals surface area contributed by atoms with Crippen LogP contribution in [0.4, 0.5) is 0 Å². The lowest BCUT2D eigenvalue weighted by Crippen LogP contribution is -2.32. The molecule has 1 aromatic heterocycles. The maximum atomic E-state index is 10.1. The molecule has 2 N–H and O–H groups in total. The van der Waals surface area contributed by atoms with Gasteiger partial charge >= 0.3 is 5.97 Å². The van der Waals surface area contributed by atoms with E-state index in [0.717, 1.165) is 5.82 Å². The summed E-state index contributed by atoms with van der Waals surface area (Å²) in [5, 5.41) is 8.31. The van der Waals surface area contributed by atoms with Crippen molar-refractivity contribution in [3.63, 3.8) is 0 Å². The number of H-pyrrole nitrogens is 1. The van der Waals surface area contributed by atoms with Crippen molar-refractivity contribution in [2.24, 2.45) is 0 Å². The van der Waals surface area contributed by atoms with E-state index in [-0.39, 0.29) is 6.04 Å². The molecule has 0 aliphatic heterocycles. The van der Waals surface area contributed by atoms with E-state index in [1.165, 1.54) is 0 Å². The second kappa shape index (κ2) is 6.15. The fourth-order valence-electron chi connectivity index (χ4n) is 0.565. The number of rotatable bonds is 2. The molecule has 0 fully saturated rings. The Kier molecular flexibility index (Phi) is 5.55. The number of imidazole rings is 1. The van der Waals surface area contributed by atoms with Crippen LogP contribution in [0, 0.1) is 6.92 Å². The van der Waals surface area contributed by atoms with Crippen LogP contribution in [0.3, 0.4) is 0 Å². The van der Waals surface area contributed by atoms with Crippen molar-refractivity contribution in [1.82, 2.24) is 14.9 Å². The van der Waals surface area contributed by atoms with Crippen LogP contribution in [0.2, 0.25) is 0 Å². The molecule has 0 spiro atoms. The minimum absolute atomic E-state index is 0.380. The molecule has 0 saturated heterocycles. The van der Waals surface area contributed by atoms with Gasteiger partial charge in [0.15, 0.2) is 0 Å². The Morgan fingerprint density at radius 1 is 1.64 bits per heavy atom. The topological polar surface area (TPSA) is 69.2 Å². The summed E-state index contributed by atoms with van der Waals surface area (Å²) in [6.45, 7) is 3.56. The van der Waals surface area contributed by atoms with Crippen molar-refractivity contribution in [1.29, 1.82) is 0 Å². The molecule has 14 heavy (non-hydrogen) atoms. The van der Waals surface area contributed by atoms with E-state index in [1.54, 1.807) is 38.3 Å². The fourth-order valence-corrected chi connectivity index (χ4v) is 0.565. The number of carbonyl (C=O) groups is 1. The van der Waals surface area contributed by atoms with Crippen molar-refractivity contribution < 1.29 is 9.90 Å². The lowest BCUT2D eigenvalue weighted by atomic mass is 10.3. The molecule has 0 aliphatic rings. The first-order chi connectivity index (χ1) is 6.45. The molecule has 0 aromatic carbocycles. The minimum atomic E-state index is -0.782. The van der Waals surface area contributed by atoms with Gasteiger partial charge in [-0.25, -0.2) is 4.98 Å². The zero-order chi connectivity index (χ0) is 11.1. The molecule has 1 unspecified atom stereocenters. The van der Waals surface area contributed by atoms with E-state index in [2.05, 4.69) is 9.97 Å². The first-order valence-electron chi connectivity index (χ1n) is 4.30. The molecule has 0 saturated carbocycles. The Morgan fingerprint density at radius 3 is 2.29 bits per heavy atom. The highest BCUT2D eigenvalue weighted by atomic mass is 16.4. The van der Waals surface area contributed by atoms with E-state index < -0.39 is 5.97 Å². The average molecular weight is 199 g/mol. The van der Waals surface area contributed by atoms with E-state index in [1.807, 2.05) is 6.92 Å². The number of aliphatic carboxylic acids is 1. The summed E-state index contributed by atoms with van der Waals surface area (Å²) in [6.07, 6.45) is 3.53. The standard InChI is InChI=1S/C5H11NO2.C4H6N2/c1-4(5(7)8)6(2)3;1-4-5-2-3-6-4/h4H,1-3H3,(H,7,8);2-3H,1H3,(H,5,6). The van der Waals surface area contributed by atoms with Gasteiger partial charge in [0.1, 0.15) is 11.9 Å². The van der Waals surface area contributed by atoms with Gasteiger partial charge in [-0.05, 0) is 27.9 Å². The van der Waals surface area contributed by atoms with Crippen LogP contribution >= 0.6 is 0 Å². The Hall–Kier alpha value is -1.36. The van der Waals surface area contributed by atoms with Crippen molar-refractivity contribution in [3.05, 3.63) is 18.2 Å². The van der Waals surface area contributed by atoms with Gasteiger partial charge in [-0.1, -0.05) is 0 Å². The first kappa shape index (κ1) is 12.6. The molecule has 0 amide bonds. The minimum Gasteiger partial charge on any atom is -0.480 e. The molecule has 0 aliphatic carbocycles. The van der Waals surface area contributed by atoms with Gasteiger partial charge in [-0.15, -0.1) is 0 Å². The zero-order valence-corrected chi connectivity index (χ0v) is 8.98. The van der Waals surface area contributed by atoms with Crippen molar-refractivity contribution in [2.75, 3.05) is 14.1 Å². The van der Waals surface area contributed by atoms with E-state index in [0.29, 0.717) is 0 Å². The zero-order valence-electron chi connectivity index (χ0n) is 8.98. The lowest BCUT2D eigenvalue weighted by Gasteiger charge is -2.13. The summed E-state index contributed by atoms with van der Waals surface area (Å²) in [5.41, 5.74) is 0. The van der Waals surface area contributed by atoms with Gasteiger partial charge in [-0.2, -0.15) is 0 Å². The van der Waals surface area contributed by atoms with Gasteiger partial charge in [0.05, 0.1) is 0 Å². The maximum Gasteiger partial charge on any atom is 0.320 e. The van der Waals surface area contributed by atoms with Crippen LogP contribution in [0.5, 0.6) is 0 Å². The number of hydrogen-bond acceptors (Lipinski definition) is 3. The quantitative estimate of drug-likeness (QED) is 0.737. The number of aromatic amines is 1. The molecular formula is C9H17N3O2. The van der Waals surface area contributed by atoms with E-state index >= 15 is 0 Å². The average Bonchev–Trinajstić information content (AvgIpc) is 2.55. The molecule has 0 bridgehead atoms. The smallest absolute Gasteiger partial charge is 0.320 e. The summed E-state index contributed by atoms with van der Waals surface area (Å²) in [4.78, 5) is 18.5. The van der Waals surface area contributed by atoms with Crippen LogP contribution in [0.1, 0.15) is 12.7 Å². The second-order valence-electron chi connectivity index (χ2n) is 3.15. The molecule has 0 radical (unpaired) electrons. The highest BCUT2D eigenvalue weighted by Crippen LogP contribution is 1.88. The summed E-state index contributed by atoms with van der Waals surface area (Å²) in [5.74, 6) is 0.185. The molecular weight excluding hydrogens is 182 g/mol. The molecule has 1 aromatic rings. The van der Waals surface area contributed by atoms with Crippen LogP contribution in [0.25, 0.3) is 0 Å². The summed E-state index contributed by atoms with van der Waals surface area (Å²) in [6, 6.07) is -0.380. The van der Waals surface area contributed by atoms with Crippen LogP contribution in [-0.2, 0) is 4.79 Å². The lowest BCUT2D eigenvalue weighted by molar-refractivity contribution is -0.141. The normalized spacial score (nSPS) is 11.8. The van der Waals surface area contributed by atoms with Crippen LogP contribution in [0.15, 0.2) is 12.4 Å². The summed E-state index contributed by atoms with van der Waals surface area (Å²) in [7, 11) is 3.47. The van der Waals surface area contributed by atoms with Gasteiger partial charge in [0.25, 0.3) is 0 Å². The molecule has 1 heterocycles. The number of carboxylic acids is 1. The Labute approximate surface area is 83.8 Å². The van der Waals surface area contributed by atoms with Gasteiger partial charge in [0.2, 0.25) is 0 Å². The van der Waals surface area contributed by atoms with Crippen molar-refractivity contribution in [3.8, 4) is 0 Å². The number of nitrogens with one attached hydrogen (secondary N) is 1. The number of nitrogens with zero attached hydrogens (tertiary/aromatic N) is 2. The third-order valence-electron chi connectivity index (χ3n) is 1.77. The Morgan fingerprint density at radius 2 is 2.21 bits per heavy atom. The molecule has 5 nitrogen and oxygen atoms in total. The van der Waals surface area contributed by atoms with Crippen molar-refractivity contribution >= 4 is 5.97 Å². The highest BCUT2D eigenvalue weighted by Gasteiger charge is 2.11. The SMILES string of the molecule is CC(C(=O)O)N(C)C.Cc1ncc[nH]1. The first-order valence-corrected chi connectivity index (χ1v) is 4.30. The molecule has 5 heteroatoms. The number of likely N-dealkylation sites (N-methyl/N-ethyl adjacent to an activating group) is 1. The third kappa shape index (κ3) is 5.31. The molecule has 1 rings (SSSR count). The van der Waals surface area contributed by atoms with E-state index in [9.17, 15) is 4.79 Å². The predicted molar refractivity (Wildman–Crippen MR) is 54.1 cm³/mol. The van der Waals surface area contributed by atoms with Gasteiger partial charge < -0.3 is 10.1 Å². The Bertz CT molecular complexity index is 257. The summed E-state index contributed by atoms with van der Waals surface area (Å²) < 4.78 is 0. The Balaban J connectivity index is 0.000000249. The number of aromatic nitrogens is 2. The largest absolute Gasteiger partial charge is 0.480 e. The predicted octanol–water partition coefficient (Wildman–Crippen LogP) is 0.739. The van der Waals surface area contributed by atoms with Crippen LogP contribution in [-0.4, -0.2) is 46.1 Å². The number of carboxylic acid groups (broad SMARTS) is 1. The number of aryl methyl sites for hydroxylation is 1. The monoisotopic (exact) mass is 199 g/mol. The number of hydrogen-bond donors (Lipinski definition) is 2. The van der Waals surface area contributed by atoms with E-state index in [4.69, 9.17) is 5.11 Å². The van der Waals surface area contributed by atoms with Gasteiger partial charge in [-0.3, -0.25) is 9.69 Å².